The summed E-state index contributed by atoms with van der Waals surface area (Å²) in [5.74, 6) is 1.06. The molecule has 0 spiro atoms. The van der Waals surface area contributed by atoms with Gasteiger partial charge in [0, 0.05) is 13.1 Å². The molecule has 2 aliphatic rings. The van der Waals surface area contributed by atoms with E-state index in [1.807, 2.05) is 4.90 Å². The van der Waals surface area contributed by atoms with Crippen molar-refractivity contribution in [3.8, 4) is 0 Å². The molecular weight excluding hydrogens is 284 g/mol. The minimum atomic E-state index is -0.188. The van der Waals surface area contributed by atoms with Gasteiger partial charge < -0.3 is 9.80 Å². The van der Waals surface area contributed by atoms with E-state index in [0.717, 1.165) is 50.8 Å². The molecule has 0 aromatic carbocycles. The third kappa shape index (κ3) is 3.38. The van der Waals surface area contributed by atoms with Crippen LogP contribution in [0.25, 0.3) is 0 Å². The van der Waals surface area contributed by atoms with E-state index in [9.17, 15) is 9.59 Å². The molecule has 2 rings (SSSR count). The molecule has 2 saturated heterocycles. The Hall–Kier alpha value is -0.710. The van der Waals surface area contributed by atoms with Crippen molar-refractivity contribution in [1.29, 1.82) is 0 Å². The van der Waals surface area contributed by atoms with Crippen molar-refractivity contribution >= 4 is 24.4 Å². The predicted molar refractivity (Wildman–Crippen MR) is 87.4 cm³/mol. The van der Waals surface area contributed by atoms with Crippen LogP contribution in [0.4, 0.5) is 0 Å². The van der Waals surface area contributed by atoms with Crippen LogP contribution in [0.2, 0.25) is 0 Å². The lowest BCUT2D eigenvalue weighted by Crippen LogP contribution is -2.59. The molecule has 2 amide bonds. The monoisotopic (exact) mass is 312 g/mol. The molecule has 2 aliphatic heterocycles. The Morgan fingerprint density at radius 1 is 1.24 bits per heavy atom. The Morgan fingerprint density at radius 3 is 2.48 bits per heavy atom. The van der Waals surface area contributed by atoms with Crippen LogP contribution in [0.3, 0.4) is 0 Å². The van der Waals surface area contributed by atoms with E-state index < -0.39 is 0 Å². The maximum Gasteiger partial charge on any atom is 0.245 e. The molecule has 0 bridgehead atoms. The highest BCUT2D eigenvalue weighted by molar-refractivity contribution is 7.80. The third-order valence-corrected chi connectivity index (χ3v) is 5.59. The minimum Gasteiger partial charge on any atom is -0.331 e. The molecule has 0 aromatic rings. The van der Waals surface area contributed by atoms with E-state index in [4.69, 9.17) is 0 Å². The lowest BCUT2D eigenvalue weighted by molar-refractivity contribution is -0.155. The second kappa shape index (κ2) is 7.03. The number of nitrogens with zero attached hydrogens (tertiary/aromatic N) is 2. The van der Waals surface area contributed by atoms with Crippen molar-refractivity contribution in [2.24, 2.45) is 5.41 Å². The van der Waals surface area contributed by atoms with Crippen LogP contribution in [0, 0.1) is 5.41 Å². The van der Waals surface area contributed by atoms with Crippen LogP contribution in [0.5, 0.6) is 0 Å². The highest BCUT2D eigenvalue weighted by Crippen LogP contribution is 2.34. The molecule has 5 heteroatoms. The molecule has 0 aromatic heterocycles. The van der Waals surface area contributed by atoms with Gasteiger partial charge in [0.25, 0.3) is 0 Å². The first-order chi connectivity index (χ1) is 10.1. The number of hydrogen-bond acceptors (Lipinski definition) is 3. The molecule has 1 unspecified atom stereocenters. The lowest BCUT2D eigenvalue weighted by Gasteiger charge is -2.42. The van der Waals surface area contributed by atoms with Crippen LogP contribution < -0.4 is 0 Å². The van der Waals surface area contributed by atoms with Gasteiger partial charge >= 0.3 is 0 Å². The number of carbonyl (C=O) groups is 2. The minimum absolute atomic E-state index is 0.0589. The molecule has 4 nitrogen and oxygen atoms in total. The zero-order valence-corrected chi connectivity index (χ0v) is 14.2. The molecular formula is C16H28N2O2S. The SMILES string of the molecule is CCCC(CS)(CCC)CN1CC(=O)N2CCCC2C1=O. The number of piperazine rings is 1. The van der Waals surface area contributed by atoms with Gasteiger partial charge in [-0.3, -0.25) is 9.59 Å². The number of hydrogen-bond donors (Lipinski definition) is 1. The maximum absolute atomic E-state index is 12.7. The Morgan fingerprint density at radius 2 is 1.90 bits per heavy atom. The Balaban J connectivity index is 2.12. The molecule has 0 saturated carbocycles. The van der Waals surface area contributed by atoms with Crippen molar-refractivity contribution in [3.63, 3.8) is 0 Å². The topological polar surface area (TPSA) is 40.6 Å². The molecule has 2 heterocycles. The standard InChI is InChI=1S/C16H28N2O2S/c1-3-7-16(12-21,8-4-2)11-17-10-14(19)18-9-5-6-13(18)15(17)20/h13,21H,3-12H2,1-2H3. The van der Waals surface area contributed by atoms with Gasteiger partial charge in [-0.2, -0.15) is 12.6 Å². The molecule has 2 fully saturated rings. The van der Waals surface area contributed by atoms with Gasteiger partial charge in [0.05, 0.1) is 6.54 Å². The molecule has 0 radical (unpaired) electrons. The fraction of sp³-hybridized carbons (Fsp3) is 0.875. The van der Waals surface area contributed by atoms with E-state index in [1.165, 1.54) is 0 Å². The van der Waals surface area contributed by atoms with Crippen LogP contribution in [-0.4, -0.2) is 53.0 Å². The summed E-state index contributed by atoms with van der Waals surface area (Å²) in [6.07, 6.45) is 6.10. The summed E-state index contributed by atoms with van der Waals surface area (Å²) < 4.78 is 0. The number of rotatable bonds is 7. The predicted octanol–water partition coefficient (Wildman–Crippen LogP) is 2.34. The van der Waals surface area contributed by atoms with Crippen molar-refractivity contribution < 1.29 is 9.59 Å². The molecule has 0 N–H and O–H groups in total. The van der Waals surface area contributed by atoms with Crippen LogP contribution in [0.15, 0.2) is 0 Å². The van der Waals surface area contributed by atoms with Crippen molar-refractivity contribution in [2.75, 3.05) is 25.4 Å². The highest BCUT2D eigenvalue weighted by atomic mass is 32.1. The summed E-state index contributed by atoms with van der Waals surface area (Å²) >= 11 is 4.56. The zero-order chi connectivity index (χ0) is 15.5. The molecule has 1 atom stereocenters. The average molecular weight is 312 g/mol. The molecule has 120 valence electrons. The summed E-state index contributed by atoms with van der Waals surface area (Å²) in [7, 11) is 0. The number of amides is 2. The van der Waals surface area contributed by atoms with Gasteiger partial charge in [0.1, 0.15) is 6.04 Å². The van der Waals surface area contributed by atoms with Gasteiger partial charge in [-0.25, -0.2) is 0 Å². The first-order valence-corrected chi connectivity index (χ1v) is 8.89. The van der Waals surface area contributed by atoms with Gasteiger partial charge in [0.2, 0.25) is 11.8 Å². The number of carbonyl (C=O) groups excluding carboxylic acids is 2. The smallest absolute Gasteiger partial charge is 0.245 e. The summed E-state index contributed by atoms with van der Waals surface area (Å²) in [6, 6.07) is -0.188. The Labute approximate surface area is 133 Å². The summed E-state index contributed by atoms with van der Waals surface area (Å²) in [4.78, 5) is 28.5. The number of fused-ring (bicyclic) bond motifs is 1. The van der Waals surface area contributed by atoms with Crippen molar-refractivity contribution in [3.05, 3.63) is 0 Å². The van der Waals surface area contributed by atoms with E-state index in [-0.39, 0.29) is 29.8 Å². The van der Waals surface area contributed by atoms with Gasteiger partial charge in [0.15, 0.2) is 0 Å². The molecule has 0 aliphatic carbocycles. The fourth-order valence-corrected chi connectivity index (χ4v) is 4.37. The summed E-state index contributed by atoms with van der Waals surface area (Å²) in [5, 5.41) is 0. The first-order valence-electron chi connectivity index (χ1n) is 8.26. The first kappa shape index (κ1) is 16.7. The average Bonchev–Trinajstić information content (AvgIpc) is 2.95. The van der Waals surface area contributed by atoms with E-state index >= 15 is 0 Å². The normalized spacial score (nSPS) is 22.9. The van der Waals surface area contributed by atoms with Crippen LogP contribution in [-0.2, 0) is 9.59 Å². The Kier molecular flexibility index (Phi) is 5.58. The second-order valence-electron chi connectivity index (χ2n) is 6.60. The summed E-state index contributed by atoms with van der Waals surface area (Å²) in [5.41, 5.74) is 0.0589. The second-order valence-corrected chi connectivity index (χ2v) is 6.91. The summed E-state index contributed by atoms with van der Waals surface area (Å²) in [6.45, 7) is 6.06. The van der Waals surface area contributed by atoms with Crippen LogP contribution >= 0.6 is 12.6 Å². The zero-order valence-electron chi connectivity index (χ0n) is 13.3. The quantitative estimate of drug-likeness (QED) is 0.733. The molecule has 21 heavy (non-hydrogen) atoms. The van der Waals surface area contributed by atoms with Crippen molar-refractivity contribution in [1.82, 2.24) is 9.80 Å². The maximum atomic E-state index is 12.7. The largest absolute Gasteiger partial charge is 0.331 e. The van der Waals surface area contributed by atoms with E-state index in [0.29, 0.717) is 6.54 Å². The fourth-order valence-electron chi connectivity index (χ4n) is 3.96. The number of thiol groups is 1. The van der Waals surface area contributed by atoms with Crippen LogP contribution in [0.1, 0.15) is 52.4 Å². The Bertz CT molecular complexity index is 394. The van der Waals surface area contributed by atoms with E-state index in [1.54, 1.807) is 4.90 Å². The van der Waals surface area contributed by atoms with Gasteiger partial charge in [-0.15, -0.1) is 0 Å². The van der Waals surface area contributed by atoms with E-state index in [2.05, 4.69) is 26.5 Å². The van der Waals surface area contributed by atoms with Gasteiger partial charge in [-0.05, 0) is 36.9 Å². The third-order valence-electron chi connectivity index (χ3n) is 4.92. The van der Waals surface area contributed by atoms with Gasteiger partial charge in [-0.1, -0.05) is 26.7 Å². The lowest BCUT2D eigenvalue weighted by atomic mass is 9.80. The van der Waals surface area contributed by atoms with Crippen molar-refractivity contribution in [2.45, 2.75) is 58.4 Å². The highest BCUT2D eigenvalue weighted by Gasteiger charge is 2.44.